The number of carbonyl (C=O) groups excluding carboxylic acids is 2. The summed E-state index contributed by atoms with van der Waals surface area (Å²) >= 11 is 0. The first-order chi connectivity index (χ1) is 8.16. The quantitative estimate of drug-likeness (QED) is 0.789. The van der Waals surface area contributed by atoms with Crippen molar-refractivity contribution in [1.82, 2.24) is 4.90 Å². The number of Topliss-reactive ketones (excluding diaryl/α,β-unsaturated/α-hetero) is 1. The SMILES string of the molecule is C[C@@H]1CC(=O)CN1C(=O)COc1ccccc1. The van der Waals surface area contributed by atoms with Gasteiger partial charge in [-0.3, -0.25) is 9.59 Å². The summed E-state index contributed by atoms with van der Waals surface area (Å²) in [7, 11) is 0. The maximum Gasteiger partial charge on any atom is 0.261 e. The Hall–Kier alpha value is -1.84. The van der Waals surface area contributed by atoms with Gasteiger partial charge in [0.1, 0.15) is 5.75 Å². The number of benzene rings is 1. The smallest absolute Gasteiger partial charge is 0.261 e. The molecule has 1 aromatic rings. The van der Waals surface area contributed by atoms with Gasteiger partial charge in [-0.05, 0) is 19.1 Å². The standard InChI is InChI=1S/C13H15NO3/c1-10-7-11(15)8-14(10)13(16)9-17-12-5-3-2-4-6-12/h2-6,10H,7-9H2,1H3/t10-/m1/s1. The number of nitrogens with zero attached hydrogens (tertiary/aromatic N) is 1. The molecule has 0 spiro atoms. The lowest BCUT2D eigenvalue weighted by Crippen LogP contribution is -2.37. The lowest BCUT2D eigenvalue weighted by molar-refractivity contribution is -0.135. The molecule has 4 heteroatoms. The number of amides is 1. The third-order valence-electron chi connectivity index (χ3n) is 2.83. The third-order valence-corrected chi connectivity index (χ3v) is 2.83. The van der Waals surface area contributed by atoms with Crippen LogP contribution in [0.1, 0.15) is 13.3 Å². The van der Waals surface area contributed by atoms with Gasteiger partial charge in [0.25, 0.3) is 5.91 Å². The van der Waals surface area contributed by atoms with E-state index in [0.717, 1.165) is 0 Å². The van der Waals surface area contributed by atoms with E-state index in [9.17, 15) is 9.59 Å². The Morgan fingerprint density at radius 2 is 2.12 bits per heavy atom. The van der Waals surface area contributed by atoms with Crippen molar-refractivity contribution >= 4 is 11.7 Å². The molecular weight excluding hydrogens is 218 g/mol. The third kappa shape index (κ3) is 2.84. The van der Waals surface area contributed by atoms with Crippen molar-refractivity contribution in [3.8, 4) is 5.75 Å². The largest absolute Gasteiger partial charge is 0.484 e. The minimum Gasteiger partial charge on any atom is -0.484 e. The summed E-state index contributed by atoms with van der Waals surface area (Å²) in [6.07, 6.45) is 0.455. The molecule has 1 heterocycles. The molecule has 4 nitrogen and oxygen atoms in total. The van der Waals surface area contributed by atoms with Crippen molar-refractivity contribution in [1.29, 1.82) is 0 Å². The second kappa shape index (κ2) is 4.99. The van der Waals surface area contributed by atoms with Gasteiger partial charge in [0.2, 0.25) is 0 Å². The van der Waals surface area contributed by atoms with Crippen molar-refractivity contribution in [3.05, 3.63) is 30.3 Å². The first-order valence-electron chi connectivity index (χ1n) is 5.66. The fourth-order valence-electron chi connectivity index (χ4n) is 1.93. The molecule has 0 unspecified atom stereocenters. The highest BCUT2D eigenvalue weighted by Gasteiger charge is 2.30. The Morgan fingerprint density at radius 1 is 1.41 bits per heavy atom. The molecule has 0 aromatic heterocycles. The molecule has 0 N–H and O–H groups in total. The van der Waals surface area contributed by atoms with Crippen LogP contribution in [0.3, 0.4) is 0 Å². The van der Waals surface area contributed by atoms with Gasteiger partial charge in [-0.1, -0.05) is 18.2 Å². The second-order valence-electron chi connectivity index (χ2n) is 4.22. The van der Waals surface area contributed by atoms with Crippen LogP contribution < -0.4 is 4.74 Å². The molecule has 1 fully saturated rings. The van der Waals surface area contributed by atoms with E-state index in [1.165, 1.54) is 0 Å². The maximum absolute atomic E-state index is 11.8. The van der Waals surface area contributed by atoms with Gasteiger partial charge in [-0.25, -0.2) is 0 Å². The summed E-state index contributed by atoms with van der Waals surface area (Å²) in [6.45, 7) is 2.09. The van der Waals surface area contributed by atoms with Crippen molar-refractivity contribution in [2.45, 2.75) is 19.4 Å². The summed E-state index contributed by atoms with van der Waals surface area (Å²) < 4.78 is 5.36. The predicted molar refractivity (Wildman–Crippen MR) is 62.7 cm³/mol. The Labute approximate surface area is 100 Å². The Morgan fingerprint density at radius 3 is 2.71 bits per heavy atom. The van der Waals surface area contributed by atoms with Crippen LogP contribution in [-0.2, 0) is 9.59 Å². The fraction of sp³-hybridized carbons (Fsp3) is 0.385. The summed E-state index contributed by atoms with van der Waals surface area (Å²) in [5.74, 6) is 0.650. The lowest BCUT2D eigenvalue weighted by atomic mass is 10.2. The van der Waals surface area contributed by atoms with Crippen LogP contribution in [0.5, 0.6) is 5.75 Å². The number of likely N-dealkylation sites (tertiary alicyclic amines) is 1. The molecule has 1 amide bonds. The zero-order valence-electron chi connectivity index (χ0n) is 9.76. The molecule has 0 bridgehead atoms. The minimum absolute atomic E-state index is 0.00521. The van der Waals surface area contributed by atoms with E-state index in [4.69, 9.17) is 4.74 Å². The first-order valence-corrected chi connectivity index (χ1v) is 5.66. The molecule has 0 radical (unpaired) electrons. The molecule has 17 heavy (non-hydrogen) atoms. The van der Waals surface area contributed by atoms with Crippen molar-refractivity contribution in [3.63, 3.8) is 0 Å². The molecule has 1 saturated heterocycles. The zero-order valence-corrected chi connectivity index (χ0v) is 9.76. The van der Waals surface area contributed by atoms with E-state index in [2.05, 4.69) is 0 Å². The summed E-state index contributed by atoms with van der Waals surface area (Å²) in [6, 6.07) is 9.17. The van der Waals surface area contributed by atoms with E-state index in [0.29, 0.717) is 12.2 Å². The molecule has 0 saturated carbocycles. The molecule has 0 aliphatic carbocycles. The summed E-state index contributed by atoms with van der Waals surface area (Å²) in [4.78, 5) is 24.6. The van der Waals surface area contributed by atoms with E-state index in [-0.39, 0.29) is 30.9 Å². The first kappa shape index (κ1) is 11.6. The number of para-hydroxylation sites is 1. The Kier molecular flexibility index (Phi) is 3.42. The van der Waals surface area contributed by atoms with E-state index >= 15 is 0 Å². The van der Waals surface area contributed by atoms with Crippen molar-refractivity contribution in [2.24, 2.45) is 0 Å². The van der Waals surface area contributed by atoms with Crippen molar-refractivity contribution < 1.29 is 14.3 Å². The van der Waals surface area contributed by atoms with Gasteiger partial charge in [0, 0.05) is 12.5 Å². The normalized spacial score (nSPS) is 19.5. The van der Waals surface area contributed by atoms with E-state index in [1.54, 1.807) is 17.0 Å². The Balaban J connectivity index is 1.88. The van der Waals surface area contributed by atoms with Gasteiger partial charge >= 0.3 is 0 Å². The highest BCUT2D eigenvalue weighted by molar-refractivity contribution is 5.90. The summed E-state index contributed by atoms with van der Waals surface area (Å²) in [5, 5.41) is 0. The fourth-order valence-corrected chi connectivity index (χ4v) is 1.93. The van der Waals surface area contributed by atoms with Gasteiger partial charge in [0.05, 0.1) is 6.54 Å². The van der Waals surface area contributed by atoms with Gasteiger partial charge in [-0.15, -0.1) is 0 Å². The van der Waals surface area contributed by atoms with Crippen LogP contribution >= 0.6 is 0 Å². The van der Waals surface area contributed by atoms with E-state index < -0.39 is 0 Å². The van der Waals surface area contributed by atoms with Crippen LogP contribution in [0.15, 0.2) is 30.3 Å². The number of rotatable bonds is 3. The van der Waals surface area contributed by atoms with E-state index in [1.807, 2.05) is 25.1 Å². The number of ketones is 1. The number of hydrogen-bond acceptors (Lipinski definition) is 3. The van der Waals surface area contributed by atoms with Crippen LogP contribution in [0.2, 0.25) is 0 Å². The molecule has 1 aliphatic rings. The molecule has 1 aromatic carbocycles. The van der Waals surface area contributed by atoms with Gasteiger partial charge in [0.15, 0.2) is 12.4 Å². The average Bonchev–Trinajstić information content (AvgIpc) is 2.67. The number of hydrogen-bond donors (Lipinski definition) is 0. The molecule has 90 valence electrons. The van der Waals surface area contributed by atoms with Gasteiger partial charge in [-0.2, -0.15) is 0 Å². The molecule has 1 atom stereocenters. The highest BCUT2D eigenvalue weighted by atomic mass is 16.5. The molecular formula is C13H15NO3. The predicted octanol–water partition coefficient (Wildman–Crippen LogP) is 1.26. The topological polar surface area (TPSA) is 46.6 Å². The van der Waals surface area contributed by atoms with Crippen LogP contribution in [0.4, 0.5) is 0 Å². The van der Waals surface area contributed by atoms with Crippen LogP contribution in [0, 0.1) is 0 Å². The summed E-state index contributed by atoms with van der Waals surface area (Å²) in [5.41, 5.74) is 0. The maximum atomic E-state index is 11.8. The number of ether oxygens (including phenoxy) is 1. The van der Waals surface area contributed by atoms with Gasteiger partial charge < -0.3 is 9.64 Å². The average molecular weight is 233 g/mol. The number of carbonyl (C=O) groups is 2. The highest BCUT2D eigenvalue weighted by Crippen LogP contribution is 2.14. The monoisotopic (exact) mass is 233 g/mol. The zero-order chi connectivity index (χ0) is 12.3. The second-order valence-corrected chi connectivity index (χ2v) is 4.22. The molecule has 2 rings (SSSR count). The molecule has 1 aliphatic heterocycles. The lowest BCUT2D eigenvalue weighted by Gasteiger charge is -2.20. The Bertz CT molecular complexity index is 416. The van der Waals surface area contributed by atoms with Crippen LogP contribution in [-0.4, -0.2) is 35.8 Å². The van der Waals surface area contributed by atoms with Crippen molar-refractivity contribution in [2.75, 3.05) is 13.2 Å². The van der Waals surface area contributed by atoms with Crippen LogP contribution in [0.25, 0.3) is 0 Å². The minimum atomic E-state index is -0.132.